The number of anilines is 3. The van der Waals surface area contributed by atoms with E-state index in [9.17, 15) is 0 Å². The molecule has 2 heteroatoms. The summed E-state index contributed by atoms with van der Waals surface area (Å²) in [5.41, 5.74) is 15.0. The number of hydrogen-bond acceptors (Lipinski definition) is 2. The first kappa shape index (κ1) is 31.6. The first-order valence-corrected chi connectivity index (χ1v) is 19.1. The Morgan fingerprint density at radius 3 is 1.78 bits per heavy atom. The van der Waals surface area contributed by atoms with Gasteiger partial charge in [0.25, 0.3) is 0 Å². The second kappa shape index (κ2) is 12.1. The summed E-state index contributed by atoms with van der Waals surface area (Å²) >= 11 is 0. The number of benzene rings is 9. The minimum absolute atomic E-state index is 0.146. The van der Waals surface area contributed by atoms with E-state index in [1.54, 1.807) is 0 Å². The van der Waals surface area contributed by atoms with Crippen LogP contribution in [-0.4, -0.2) is 0 Å². The molecule has 1 heterocycles. The van der Waals surface area contributed by atoms with E-state index in [2.05, 4.69) is 201 Å². The zero-order valence-corrected chi connectivity index (χ0v) is 30.8. The van der Waals surface area contributed by atoms with Crippen molar-refractivity contribution in [2.45, 2.75) is 19.3 Å². The average molecular weight is 704 g/mol. The van der Waals surface area contributed by atoms with Crippen molar-refractivity contribution in [1.82, 2.24) is 0 Å². The Balaban J connectivity index is 1.20. The average Bonchev–Trinajstić information content (AvgIpc) is 3.72. The van der Waals surface area contributed by atoms with Gasteiger partial charge in [0.2, 0.25) is 0 Å². The highest BCUT2D eigenvalue weighted by Gasteiger charge is 2.36. The number of fused-ring (bicyclic) bond motifs is 8. The number of para-hydroxylation sites is 1. The van der Waals surface area contributed by atoms with Crippen molar-refractivity contribution in [1.29, 1.82) is 0 Å². The molecule has 0 N–H and O–H groups in total. The van der Waals surface area contributed by atoms with Crippen molar-refractivity contribution in [2.75, 3.05) is 4.90 Å². The van der Waals surface area contributed by atoms with Crippen molar-refractivity contribution in [2.24, 2.45) is 0 Å². The fourth-order valence-electron chi connectivity index (χ4n) is 9.16. The first-order chi connectivity index (χ1) is 27.0. The van der Waals surface area contributed by atoms with E-state index in [4.69, 9.17) is 4.42 Å². The summed E-state index contributed by atoms with van der Waals surface area (Å²) < 4.78 is 6.53. The van der Waals surface area contributed by atoms with Gasteiger partial charge < -0.3 is 9.32 Å². The van der Waals surface area contributed by atoms with E-state index in [-0.39, 0.29) is 5.41 Å². The van der Waals surface area contributed by atoms with Crippen LogP contribution in [0.4, 0.5) is 17.1 Å². The van der Waals surface area contributed by atoms with Gasteiger partial charge in [-0.2, -0.15) is 0 Å². The monoisotopic (exact) mass is 703 g/mol. The molecule has 0 amide bonds. The summed E-state index contributed by atoms with van der Waals surface area (Å²) in [6, 6.07) is 68.6. The van der Waals surface area contributed by atoms with Crippen LogP contribution in [0.1, 0.15) is 25.0 Å². The summed E-state index contributed by atoms with van der Waals surface area (Å²) in [6.45, 7) is 4.71. The predicted octanol–water partition coefficient (Wildman–Crippen LogP) is 15.0. The second-order valence-corrected chi connectivity index (χ2v) is 15.3. The number of rotatable bonds is 5. The molecule has 2 nitrogen and oxygen atoms in total. The number of hydrogen-bond donors (Lipinski definition) is 0. The highest BCUT2D eigenvalue weighted by molar-refractivity contribution is 6.08. The summed E-state index contributed by atoms with van der Waals surface area (Å²) in [6.07, 6.45) is 0. The lowest BCUT2D eigenvalue weighted by Gasteiger charge is -2.30. The van der Waals surface area contributed by atoms with Gasteiger partial charge >= 0.3 is 0 Å². The van der Waals surface area contributed by atoms with Crippen LogP contribution in [0.3, 0.4) is 0 Å². The van der Waals surface area contributed by atoms with Gasteiger partial charge in [-0.05, 0) is 103 Å². The van der Waals surface area contributed by atoms with Gasteiger partial charge in [-0.3, -0.25) is 0 Å². The van der Waals surface area contributed by atoms with E-state index >= 15 is 0 Å². The predicted molar refractivity (Wildman–Crippen MR) is 232 cm³/mol. The molecule has 0 aliphatic heterocycles. The second-order valence-electron chi connectivity index (χ2n) is 15.3. The molecule has 0 spiro atoms. The maximum absolute atomic E-state index is 6.53. The lowest BCUT2D eigenvalue weighted by Crippen LogP contribution is -2.17. The van der Waals surface area contributed by atoms with Crippen molar-refractivity contribution in [3.05, 3.63) is 199 Å². The van der Waals surface area contributed by atoms with Gasteiger partial charge in [0.05, 0.1) is 5.69 Å². The van der Waals surface area contributed by atoms with Crippen LogP contribution >= 0.6 is 0 Å². The summed E-state index contributed by atoms with van der Waals surface area (Å²) in [7, 11) is 0. The van der Waals surface area contributed by atoms with Gasteiger partial charge in [-0.15, -0.1) is 0 Å². The van der Waals surface area contributed by atoms with Crippen LogP contribution in [0.2, 0.25) is 0 Å². The van der Waals surface area contributed by atoms with Gasteiger partial charge in [-0.25, -0.2) is 0 Å². The van der Waals surface area contributed by atoms with E-state index in [1.165, 1.54) is 60.5 Å². The zero-order valence-electron chi connectivity index (χ0n) is 30.8. The molecule has 10 aromatic rings. The maximum Gasteiger partial charge on any atom is 0.137 e. The highest BCUT2D eigenvalue weighted by Crippen LogP contribution is 2.52. The molecule has 260 valence electrons. The normalized spacial score (nSPS) is 13.1. The molecule has 9 aromatic carbocycles. The highest BCUT2D eigenvalue weighted by atomic mass is 16.3. The molecule has 0 bridgehead atoms. The van der Waals surface area contributed by atoms with Crippen LogP contribution in [0.5, 0.6) is 0 Å². The van der Waals surface area contributed by atoms with Gasteiger partial charge in [0.15, 0.2) is 0 Å². The quantitative estimate of drug-likeness (QED) is 0.177. The van der Waals surface area contributed by atoms with Crippen LogP contribution in [-0.2, 0) is 5.41 Å². The molecule has 55 heavy (non-hydrogen) atoms. The molecule has 1 aromatic heterocycles. The van der Waals surface area contributed by atoms with E-state index < -0.39 is 0 Å². The maximum atomic E-state index is 6.53. The van der Waals surface area contributed by atoms with Crippen LogP contribution < -0.4 is 4.90 Å². The zero-order chi connectivity index (χ0) is 36.7. The summed E-state index contributed by atoms with van der Waals surface area (Å²) in [5.74, 6) is 0. The van der Waals surface area contributed by atoms with Gasteiger partial charge in [-0.1, -0.05) is 153 Å². The molecular weight excluding hydrogens is 667 g/mol. The largest absolute Gasteiger partial charge is 0.456 e. The molecular formula is C53H37NO. The van der Waals surface area contributed by atoms with E-state index in [1.807, 2.05) is 6.07 Å². The Hall–Kier alpha value is -6.90. The SMILES string of the molecule is CC1(C)c2ccccc2-c2ccc(N(c3ccc4c(c3)oc3ccccc34)c3ccc(-c4cccc5ccccc45)cc3-c3cccc4ccccc34)cc21. The fraction of sp³-hybridized carbons (Fsp3) is 0.0566. The Kier molecular flexibility index (Phi) is 6.93. The first-order valence-electron chi connectivity index (χ1n) is 19.1. The van der Waals surface area contributed by atoms with E-state index in [0.717, 1.165) is 44.6 Å². The molecule has 0 saturated heterocycles. The third-order valence-electron chi connectivity index (χ3n) is 11.9. The molecule has 0 atom stereocenters. The topological polar surface area (TPSA) is 16.4 Å². The summed E-state index contributed by atoms with van der Waals surface area (Å²) in [5, 5.41) is 7.16. The number of furan rings is 1. The van der Waals surface area contributed by atoms with Crippen molar-refractivity contribution in [3.63, 3.8) is 0 Å². The molecule has 0 radical (unpaired) electrons. The summed E-state index contributed by atoms with van der Waals surface area (Å²) in [4.78, 5) is 2.44. The van der Waals surface area contributed by atoms with E-state index in [0.29, 0.717) is 0 Å². The van der Waals surface area contributed by atoms with Crippen LogP contribution in [0, 0.1) is 0 Å². The Labute approximate surface area is 320 Å². The smallest absolute Gasteiger partial charge is 0.137 e. The molecule has 1 aliphatic carbocycles. The Morgan fingerprint density at radius 1 is 0.382 bits per heavy atom. The van der Waals surface area contributed by atoms with Gasteiger partial charge in [0, 0.05) is 39.2 Å². The van der Waals surface area contributed by atoms with Crippen molar-refractivity contribution in [3.8, 4) is 33.4 Å². The van der Waals surface area contributed by atoms with Crippen LogP contribution in [0.25, 0.3) is 76.9 Å². The third kappa shape index (κ3) is 4.88. The van der Waals surface area contributed by atoms with Gasteiger partial charge in [0.1, 0.15) is 11.2 Å². The third-order valence-corrected chi connectivity index (χ3v) is 11.9. The fourth-order valence-corrected chi connectivity index (χ4v) is 9.16. The lowest BCUT2D eigenvalue weighted by atomic mass is 9.82. The standard InChI is InChI=1S/C53H37NO/c1-53(2)48-23-9-7-19-43(48)44-28-26-37(32-49(44)53)54(38-27-29-46-45-20-8-10-24-51(45)55-52(46)33-38)50-30-25-36(41-21-11-15-34-13-3-5-17-39(34)41)31-47(50)42-22-12-16-35-14-4-6-18-40(35)42/h3-33H,1-2H3. The van der Waals surface area contributed by atoms with Crippen molar-refractivity contribution >= 4 is 60.5 Å². The minimum atomic E-state index is -0.146. The Morgan fingerprint density at radius 2 is 0.964 bits per heavy atom. The van der Waals surface area contributed by atoms with Crippen LogP contribution in [0.15, 0.2) is 192 Å². The molecule has 0 saturated carbocycles. The minimum Gasteiger partial charge on any atom is -0.456 e. The molecule has 0 unspecified atom stereocenters. The molecule has 11 rings (SSSR count). The Bertz CT molecular complexity index is 3140. The van der Waals surface area contributed by atoms with Crippen molar-refractivity contribution < 1.29 is 4.42 Å². The number of nitrogens with zero attached hydrogens (tertiary/aromatic N) is 1. The lowest BCUT2D eigenvalue weighted by molar-refractivity contribution is 0.660. The molecule has 0 fully saturated rings. The molecule has 1 aliphatic rings.